The summed E-state index contributed by atoms with van der Waals surface area (Å²) in [5.74, 6) is 2.09. The van der Waals surface area contributed by atoms with Crippen LogP contribution in [0.5, 0.6) is 0 Å². The molecule has 1 saturated heterocycles. The molecule has 1 unspecified atom stereocenters. The maximum Gasteiger partial charge on any atom is 0.104 e. The Morgan fingerprint density at radius 1 is 0.706 bits per heavy atom. The Morgan fingerprint density at radius 3 is 2.09 bits per heavy atom. The van der Waals surface area contributed by atoms with E-state index in [1.165, 1.54) is 57.8 Å². The summed E-state index contributed by atoms with van der Waals surface area (Å²) in [5.41, 5.74) is 1.37. The highest BCUT2D eigenvalue weighted by atomic mass is 16.6. The van der Waals surface area contributed by atoms with Crippen molar-refractivity contribution < 1.29 is 14.6 Å². The van der Waals surface area contributed by atoms with Gasteiger partial charge < -0.3 is 14.6 Å². The van der Waals surface area contributed by atoms with Gasteiger partial charge in [0.15, 0.2) is 0 Å². The Bertz CT molecular complexity index is 865. The van der Waals surface area contributed by atoms with Crippen LogP contribution < -0.4 is 0 Å². The molecule has 10 atom stereocenters. The summed E-state index contributed by atoms with van der Waals surface area (Å²) in [4.78, 5) is 0. The summed E-state index contributed by atoms with van der Waals surface area (Å²) in [5, 5.41) is 11.0. The van der Waals surface area contributed by atoms with Crippen molar-refractivity contribution in [2.75, 3.05) is 7.11 Å². The van der Waals surface area contributed by atoms with E-state index in [4.69, 9.17) is 9.47 Å². The van der Waals surface area contributed by atoms with E-state index in [1.807, 2.05) is 7.11 Å². The van der Waals surface area contributed by atoms with E-state index in [-0.39, 0.29) is 33.6 Å². The number of aliphatic hydroxyl groups excluding tert-OH is 1. The predicted octanol–water partition coefficient (Wildman–Crippen LogP) is 7.15. The van der Waals surface area contributed by atoms with Crippen LogP contribution in [0.1, 0.15) is 119 Å². The zero-order valence-corrected chi connectivity index (χ0v) is 23.4. The third kappa shape index (κ3) is 2.61. The smallest absolute Gasteiger partial charge is 0.104 e. The summed E-state index contributed by atoms with van der Waals surface area (Å²) >= 11 is 0. The first-order valence-corrected chi connectivity index (χ1v) is 14.6. The van der Waals surface area contributed by atoms with Crippen molar-refractivity contribution in [3.05, 3.63) is 0 Å². The number of hydrogen-bond donors (Lipinski definition) is 1. The third-order valence-electron chi connectivity index (χ3n) is 14.2. The highest BCUT2D eigenvalue weighted by molar-refractivity contribution is 5.31. The molecule has 6 rings (SSSR count). The lowest BCUT2D eigenvalue weighted by Crippen LogP contribution is -2.60. The van der Waals surface area contributed by atoms with Crippen LogP contribution in [0.15, 0.2) is 0 Å². The predicted molar refractivity (Wildman–Crippen MR) is 136 cm³/mol. The molecule has 1 heterocycles. The molecule has 0 radical (unpaired) electrons. The van der Waals surface area contributed by atoms with Crippen molar-refractivity contribution in [2.24, 2.45) is 44.8 Å². The Balaban J connectivity index is 1.37. The molecule has 5 saturated carbocycles. The van der Waals surface area contributed by atoms with Crippen molar-refractivity contribution in [3.63, 3.8) is 0 Å². The first-order valence-electron chi connectivity index (χ1n) is 14.6. The maximum atomic E-state index is 11.0. The molecule has 0 bridgehead atoms. The molecule has 34 heavy (non-hydrogen) atoms. The van der Waals surface area contributed by atoms with Gasteiger partial charge in [-0.15, -0.1) is 0 Å². The standard InChI is InChI=1S/C31H52O3/c1-25(2)21-10-17-30-19-27(5)14-9-20-26(3,4)24(33-8)13-15-28(20,6)22(27)11-18-31(30,34-30)29(21,7)16-12-23(25)32/h20-24,32H,9-19H2,1-8H3/t20?,21-,22-,23+,24-,27-,28-,29-,30+,31+/m0/s1. The number of epoxide rings is 1. The molecule has 194 valence electrons. The summed E-state index contributed by atoms with van der Waals surface area (Å²) in [7, 11) is 1.93. The maximum absolute atomic E-state index is 11.0. The average Bonchev–Trinajstić information content (AvgIpc) is 3.40. The molecule has 6 aliphatic rings. The number of ether oxygens (including phenoxy) is 2. The topological polar surface area (TPSA) is 42.0 Å². The highest BCUT2D eigenvalue weighted by Crippen LogP contribution is 2.80. The second kappa shape index (κ2) is 6.84. The number of methoxy groups -OCH3 is 1. The third-order valence-corrected chi connectivity index (χ3v) is 14.2. The van der Waals surface area contributed by atoms with Gasteiger partial charge in [0.1, 0.15) is 5.60 Å². The van der Waals surface area contributed by atoms with Crippen LogP contribution in [-0.2, 0) is 9.47 Å². The van der Waals surface area contributed by atoms with Gasteiger partial charge in [-0.2, -0.15) is 0 Å². The van der Waals surface area contributed by atoms with Gasteiger partial charge in [0, 0.05) is 12.5 Å². The van der Waals surface area contributed by atoms with Crippen molar-refractivity contribution >= 4 is 0 Å². The minimum absolute atomic E-state index is 0.0114. The molecular formula is C31H52O3. The van der Waals surface area contributed by atoms with E-state index in [0.29, 0.717) is 22.9 Å². The highest BCUT2D eigenvalue weighted by Gasteiger charge is 2.83. The molecular weight excluding hydrogens is 420 g/mol. The quantitative estimate of drug-likeness (QED) is 0.412. The van der Waals surface area contributed by atoms with Gasteiger partial charge in [-0.1, -0.05) is 48.5 Å². The SMILES string of the molecule is CO[C@H]1CC[C@@]2(C)C(CC[C@@]3(C)C[C@]45CC[C@H]6C(C)(C)[C@H](O)CC[C@]6(C)[C@@]4(CC[C@@H]32)O5)C1(C)C. The molecule has 6 fully saturated rings. The Hall–Kier alpha value is -0.120. The molecule has 0 amide bonds. The van der Waals surface area contributed by atoms with Crippen molar-refractivity contribution in [1.82, 2.24) is 0 Å². The van der Waals surface area contributed by atoms with Gasteiger partial charge in [0.05, 0.1) is 17.8 Å². The Morgan fingerprint density at radius 2 is 1.38 bits per heavy atom. The second-order valence-electron chi connectivity index (χ2n) is 15.9. The number of hydrogen-bond acceptors (Lipinski definition) is 3. The minimum atomic E-state index is -0.169. The first-order chi connectivity index (χ1) is 15.7. The summed E-state index contributed by atoms with van der Waals surface area (Å²) in [6, 6.07) is 0. The van der Waals surface area contributed by atoms with Crippen LogP contribution in [0, 0.1) is 44.8 Å². The Labute approximate surface area is 209 Å². The van der Waals surface area contributed by atoms with E-state index >= 15 is 0 Å². The lowest BCUT2D eigenvalue weighted by molar-refractivity contribution is -0.182. The van der Waals surface area contributed by atoms with Crippen molar-refractivity contribution in [1.29, 1.82) is 0 Å². The molecule has 3 nitrogen and oxygen atoms in total. The van der Waals surface area contributed by atoms with Crippen LogP contribution in [0.4, 0.5) is 0 Å². The van der Waals surface area contributed by atoms with Gasteiger partial charge >= 0.3 is 0 Å². The zero-order valence-electron chi connectivity index (χ0n) is 23.4. The van der Waals surface area contributed by atoms with E-state index in [1.54, 1.807) is 0 Å². The molecule has 0 aromatic heterocycles. The average molecular weight is 473 g/mol. The summed E-state index contributed by atoms with van der Waals surface area (Å²) < 4.78 is 13.2. The summed E-state index contributed by atoms with van der Waals surface area (Å²) in [6.07, 6.45) is 13.8. The van der Waals surface area contributed by atoms with E-state index < -0.39 is 0 Å². The van der Waals surface area contributed by atoms with Crippen molar-refractivity contribution in [2.45, 2.75) is 143 Å². The molecule has 1 N–H and O–H groups in total. The number of fused-ring (bicyclic) bond motifs is 4. The van der Waals surface area contributed by atoms with Gasteiger partial charge in [-0.25, -0.2) is 0 Å². The van der Waals surface area contributed by atoms with E-state index in [9.17, 15) is 5.11 Å². The van der Waals surface area contributed by atoms with Crippen LogP contribution in [-0.4, -0.2) is 35.6 Å². The normalized spacial score (nSPS) is 59.4. The zero-order chi connectivity index (χ0) is 24.6. The second-order valence-corrected chi connectivity index (χ2v) is 15.9. The molecule has 5 aliphatic carbocycles. The van der Waals surface area contributed by atoms with Crippen molar-refractivity contribution in [3.8, 4) is 0 Å². The van der Waals surface area contributed by atoms with Crippen LogP contribution >= 0.6 is 0 Å². The number of rotatable bonds is 1. The minimum Gasteiger partial charge on any atom is -0.393 e. The monoisotopic (exact) mass is 472 g/mol. The van der Waals surface area contributed by atoms with Gasteiger partial charge in [-0.3, -0.25) is 0 Å². The van der Waals surface area contributed by atoms with Gasteiger partial charge in [-0.05, 0) is 110 Å². The number of aliphatic hydroxyl groups is 1. The Kier molecular flexibility index (Phi) is 4.88. The lowest BCUT2D eigenvalue weighted by atomic mass is 9.41. The fourth-order valence-corrected chi connectivity index (χ4v) is 12.6. The molecule has 0 spiro atoms. The lowest BCUT2D eigenvalue weighted by Gasteiger charge is -2.64. The molecule has 0 aromatic rings. The van der Waals surface area contributed by atoms with Crippen LogP contribution in [0.2, 0.25) is 0 Å². The summed E-state index contributed by atoms with van der Waals surface area (Å²) in [6.45, 7) is 17.6. The van der Waals surface area contributed by atoms with Gasteiger partial charge in [0.25, 0.3) is 0 Å². The van der Waals surface area contributed by atoms with Crippen LogP contribution in [0.25, 0.3) is 0 Å². The largest absolute Gasteiger partial charge is 0.393 e. The van der Waals surface area contributed by atoms with Crippen LogP contribution in [0.3, 0.4) is 0 Å². The molecule has 0 aromatic carbocycles. The van der Waals surface area contributed by atoms with E-state index in [0.717, 1.165) is 24.7 Å². The molecule has 3 heteroatoms. The van der Waals surface area contributed by atoms with E-state index in [2.05, 4.69) is 48.5 Å². The fourth-order valence-electron chi connectivity index (χ4n) is 12.6. The van der Waals surface area contributed by atoms with Gasteiger partial charge in [0.2, 0.25) is 0 Å². The molecule has 1 aliphatic heterocycles. The fraction of sp³-hybridized carbons (Fsp3) is 1.00. The first kappa shape index (κ1) is 24.2.